The predicted octanol–water partition coefficient (Wildman–Crippen LogP) is 2.70. The number of nitrogens with zero attached hydrogens (tertiary/aromatic N) is 3. The standard InChI is InChI=1S/C16H17N3O3S/c1-10-4-5-12-14(8-10)23-16(19(12)6-7-21-3)17-15(20)13-9-11(2)18-22-13/h4-5,8-9H,6-7H2,1-3H3. The number of methoxy groups -OCH3 is 1. The normalized spacial score (nSPS) is 12.2. The number of amides is 1. The molecule has 0 atom stereocenters. The van der Waals surface area contributed by atoms with E-state index in [1.54, 1.807) is 20.1 Å². The van der Waals surface area contributed by atoms with E-state index in [1.165, 1.54) is 16.9 Å². The fourth-order valence-electron chi connectivity index (χ4n) is 2.27. The zero-order chi connectivity index (χ0) is 16.4. The van der Waals surface area contributed by atoms with Crippen molar-refractivity contribution in [3.63, 3.8) is 0 Å². The lowest BCUT2D eigenvalue weighted by atomic mass is 10.2. The monoisotopic (exact) mass is 331 g/mol. The Kier molecular flexibility index (Phi) is 4.40. The summed E-state index contributed by atoms with van der Waals surface area (Å²) in [5.41, 5.74) is 2.86. The molecule has 6 nitrogen and oxygen atoms in total. The molecule has 7 heteroatoms. The number of hydrogen-bond donors (Lipinski definition) is 0. The summed E-state index contributed by atoms with van der Waals surface area (Å²) < 4.78 is 13.2. The number of ether oxygens (including phenoxy) is 1. The summed E-state index contributed by atoms with van der Waals surface area (Å²) in [6.45, 7) is 4.97. The first-order chi connectivity index (χ1) is 11.1. The Morgan fingerprint density at radius 3 is 2.91 bits per heavy atom. The summed E-state index contributed by atoms with van der Waals surface area (Å²) in [5, 5.41) is 3.73. The lowest BCUT2D eigenvalue weighted by Crippen LogP contribution is -2.19. The number of rotatable bonds is 4. The average Bonchev–Trinajstić information content (AvgIpc) is 3.08. The van der Waals surface area contributed by atoms with E-state index < -0.39 is 5.91 Å². The van der Waals surface area contributed by atoms with Gasteiger partial charge in [-0.25, -0.2) is 0 Å². The van der Waals surface area contributed by atoms with Crippen LogP contribution in [0.25, 0.3) is 10.2 Å². The molecule has 0 radical (unpaired) electrons. The second-order valence-electron chi connectivity index (χ2n) is 5.25. The fourth-order valence-corrected chi connectivity index (χ4v) is 3.42. The molecule has 0 aliphatic carbocycles. The smallest absolute Gasteiger partial charge is 0.318 e. The van der Waals surface area contributed by atoms with Crippen LogP contribution in [0.5, 0.6) is 0 Å². The first kappa shape index (κ1) is 15.6. The second-order valence-corrected chi connectivity index (χ2v) is 6.26. The predicted molar refractivity (Wildman–Crippen MR) is 87.6 cm³/mol. The van der Waals surface area contributed by atoms with Gasteiger partial charge in [0.25, 0.3) is 0 Å². The van der Waals surface area contributed by atoms with Crippen molar-refractivity contribution in [2.24, 2.45) is 4.99 Å². The molecular weight excluding hydrogens is 314 g/mol. The highest BCUT2D eigenvalue weighted by Crippen LogP contribution is 2.19. The van der Waals surface area contributed by atoms with Gasteiger partial charge in [0, 0.05) is 19.7 Å². The molecule has 1 aromatic carbocycles. The Bertz CT molecular complexity index is 920. The molecular formula is C16H17N3O3S. The van der Waals surface area contributed by atoms with Crippen LogP contribution in [0.3, 0.4) is 0 Å². The first-order valence-electron chi connectivity index (χ1n) is 7.20. The van der Waals surface area contributed by atoms with Crippen molar-refractivity contribution in [2.45, 2.75) is 20.4 Å². The molecule has 0 N–H and O–H groups in total. The molecule has 3 aromatic rings. The van der Waals surface area contributed by atoms with Crippen LogP contribution >= 0.6 is 11.3 Å². The maximum atomic E-state index is 12.3. The third kappa shape index (κ3) is 3.25. The van der Waals surface area contributed by atoms with E-state index in [0.717, 1.165) is 10.2 Å². The van der Waals surface area contributed by atoms with Gasteiger partial charge in [-0.2, -0.15) is 4.99 Å². The van der Waals surface area contributed by atoms with Gasteiger partial charge in [0.15, 0.2) is 4.80 Å². The number of carbonyl (C=O) groups excluding carboxylic acids is 1. The summed E-state index contributed by atoms with van der Waals surface area (Å²) in [7, 11) is 1.65. The van der Waals surface area contributed by atoms with Gasteiger partial charge in [0.05, 0.1) is 22.5 Å². The third-order valence-corrected chi connectivity index (χ3v) is 4.43. The molecule has 1 amide bonds. The molecule has 2 aromatic heterocycles. The van der Waals surface area contributed by atoms with E-state index in [9.17, 15) is 4.79 Å². The largest absolute Gasteiger partial charge is 0.383 e. The molecule has 0 aliphatic heterocycles. The molecule has 0 aliphatic rings. The molecule has 0 saturated carbocycles. The molecule has 0 bridgehead atoms. The Morgan fingerprint density at radius 1 is 1.39 bits per heavy atom. The minimum absolute atomic E-state index is 0.148. The van der Waals surface area contributed by atoms with Crippen molar-refractivity contribution < 1.29 is 14.1 Å². The number of fused-ring (bicyclic) bond motifs is 1. The van der Waals surface area contributed by atoms with E-state index in [0.29, 0.717) is 23.6 Å². The first-order valence-corrected chi connectivity index (χ1v) is 8.01. The highest BCUT2D eigenvalue weighted by molar-refractivity contribution is 7.16. The quantitative estimate of drug-likeness (QED) is 0.737. The van der Waals surface area contributed by atoms with Gasteiger partial charge in [-0.15, -0.1) is 0 Å². The summed E-state index contributed by atoms with van der Waals surface area (Å²) in [6.07, 6.45) is 0. The van der Waals surface area contributed by atoms with E-state index in [1.807, 2.05) is 23.6 Å². The third-order valence-electron chi connectivity index (χ3n) is 3.39. The van der Waals surface area contributed by atoms with E-state index in [4.69, 9.17) is 9.26 Å². The van der Waals surface area contributed by atoms with Gasteiger partial charge >= 0.3 is 5.91 Å². The SMILES string of the molecule is COCCn1c(=NC(=O)c2cc(C)no2)sc2cc(C)ccc21. The Balaban J connectivity index is 2.11. The van der Waals surface area contributed by atoms with Gasteiger partial charge in [-0.3, -0.25) is 4.79 Å². The summed E-state index contributed by atoms with van der Waals surface area (Å²) in [5.74, 6) is -0.283. The van der Waals surface area contributed by atoms with E-state index >= 15 is 0 Å². The van der Waals surface area contributed by atoms with Crippen molar-refractivity contribution in [3.8, 4) is 0 Å². The number of hydrogen-bond acceptors (Lipinski definition) is 5. The van der Waals surface area contributed by atoms with Crippen LogP contribution in [0.15, 0.2) is 33.8 Å². The topological polar surface area (TPSA) is 69.6 Å². The van der Waals surface area contributed by atoms with Gasteiger partial charge in [-0.05, 0) is 31.5 Å². The molecule has 0 fully saturated rings. The van der Waals surface area contributed by atoms with Crippen LogP contribution in [0.1, 0.15) is 21.8 Å². The van der Waals surface area contributed by atoms with Gasteiger partial charge in [0.1, 0.15) is 0 Å². The number of thiazole rings is 1. The second kappa shape index (κ2) is 6.47. The maximum absolute atomic E-state index is 12.3. The molecule has 120 valence electrons. The number of aryl methyl sites for hydroxylation is 2. The summed E-state index contributed by atoms with van der Waals surface area (Å²) in [6, 6.07) is 7.76. The number of carbonyl (C=O) groups is 1. The van der Waals surface area contributed by atoms with Gasteiger partial charge < -0.3 is 13.8 Å². The van der Waals surface area contributed by atoms with Crippen LogP contribution in [0.4, 0.5) is 0 Å². The van der Waals surface area contributed by atoms with Crippen molar-refractivity contribution in [3.05, 3.63) is 46.1 Å². The van der Waals surface area contributed by atoms with Crippen LogP contribution in [0.2, 0.25) is 0 Å². The lowest BCUT2D eigenvalue weighted by molar-refractivity contribution is 0.0962. The molecule has 2 heterocycles. The molecule has 0 spiro atoms. The number of benzene rings is 1. The molecule has 23 heavy (non-hydrogen) atoms. The minimum Gasteiger partial charge on any atom is -0.383 e. The van der Waals surface area contributed by atoms with Gasteiger partial charge in [0.2, 0.25) is 5.76 Å². The van der Waals surface area contributed by atoms with Crippen molar-refractivity contribution in [1.29, 1.82) is 0 Å². The lowest BCUT2D eigenvalue weighted by Gasteiger charge is -2.04. The molecule has 3 rings (SSSR count). The van der Waals surface area contributed by atoms with Crippen molar-refractivity contribution in [1.82, 2.24) is 9.72 Å². The Morgan fingerprint density at radius 2 is 2.22 bits per heavy atom. The summed E-state index contributed by atoms with van der Waals surface area (Å²) >= 11 is 1.48. The molecule has 0 unspecified atom stereocenters. The summed E-state index contributed by atoms with van der Waals surface area (Å²) in [4.78, 5) is 17.1. The molecule has 0 saturated heterocycles. The highest BCUT2D eigenvalue weighted by Gasteiger charge is 2.13. The van der Waals surface area contributed by atoms with Gasteiger partial charge in [-0.1, -0.05) is 22.6 Å². The van der Waals surface area contributed by atoms with Crippen LogP contribution in [-0.2, 0) is 11.3 Å². The Hall–Kier alpha value is -2.25. The van der Waals surface area contributed by atoms with Crippen molar-refractivity contribution >= 4 is 27.5 Å². The fraction of sp³-hybridized carbons (Fsp3) is 0.312. The average molecular weight is 331 g/mol. The maximum Gasteiger partial charge on any atom is 0.318 e. The minimum atomic E-state index is -0.431. The van der Waals surface area contributed by atoms with Crippen LogP contribution < -0.4 is 4.80 Å². The van der Waals surface area contributed by atoms with Crippen LogP contribution in [-0.4, -0.2) is 29.3 Å². The zero-order valence-electron chi connectivity index (χ0n) is 13.2. The van der Waals surface area contributed by atoms with E-state index in [-0.39, 0.29) is 5.76 Å². The highest BCUT2D eigenvalue weighted by atomic mass is 32.1. The van der Waals surface area contributed by atoms with Crippen molar-refractivity contribution in [2.75, 3.05) is 13.7 Å². The van der Waals surface area contributed by atoms with E-state index in [2.05, 4.69) is 16.2 Å². The zero-order valence-corrected chi connectivity index (χ0v) is 14.0. The Labute approximate surface area is 137 Å². The number of aromatic nitrogens is 2. The van der Waals surface area contributed by atoms with Crippen LogP contribution in [0, 0.1) is 13.8 Å².